The van der Waals surface area contributed by atoms with Gasteiger partial charge >= 0.3 is 0 Å². The number of nitrogens with zero attached hydrogens (tertiary/aromatic N) is 2. The molecule has 1 rings (SSSR count). The number of nitrogens with one attached hydrogen (secondary N) is 2. The van der Waals surface area contributed by atoms with Gasteiger partial charge in [0.05, 0.1) is 6.21 Å². The molecule has 0 atom stereocenters. The molecule has 0 unspecified atom stereocenters. The van der Waals surface area contributed by atoms with Crippen LogP contribution in [-0.4, -0.2) is 28.2 Å². The van der Waals surface area contributed by atoms with Crippen molar-refractivity contribution in [3.05, 3.63) is 30.1 Å². The molecule has 0 saturated carbocycles. The van der Waals surface area contributed by atoms with E-state index < -0.39 is 5.91 Å². The summed E-state index contributed by atoms with van der Waals surface area (Å²) >= 11 is 0. The second-order valence-corrected chi connectivity index (χ2v) is 4.18. The average Bonchev–Trinajstić information content (AvgIpc) is 2.47. The van der Waals surface area contributed by atoms with Crippen molar-refractivity contribution in [1.29, 1.82) is 0 Å². The highest BCUT2D eigenvalue weighted by Crippen LogP contribution is 2.02. The van der Waals surface area contributed by atoms with Crippen molar-refractivity contribution in [3.8, 4) is 0 Å². The molecule has 1 heterocycles. The first kappa shape index (κ1) is 15.8. The fraction of sp³-hybridized carbons (Fsp3) is 0.385. The molecule has 20 heavy (non-hydrogen) atoms. The lowest BCUT2D eigenvalue weighted by molar-refractivity contribution is -0.129. The van der Waals surface area contributed by atoms with Crippen LogP contribution in [0.15, 0.2) is 29.6 Å². The fourth-order valence-electron chi connectivity index (χ4n) is 1.49. The molecule has 0 radical (unpaired) electrons. The van der Waals surface area contributed by atoms with Crippen molar-refractivity contribution in [2.45, 2.75) is 32.1 Å². The van der Waals surface area contributed by atoms with Crippen LogP contribution in [0.3, 0.4) is 0 Å². The normalized spacial score (nSPS) is 10.4. The highest BCUT2D eigenvalue weighted by Gasteiger charge is 2.01. The van der Waals surface area contributed by atoms with E-state index in [1.165, 1.54) is 6.21 Å². The number of amides is 2. The second-order valence-electron chi connectivity index (χ2n) is 4.18. The molecule has 3 N–H and O–H groups in total. The minimum Gasteiger partial charge on any atom is -0.289 e. The van der Waals surface area contributed by atoms with Crippen LogP contribution in [0.1, 0.15) is 37.7 Å². The van der Waals surface area contributed by atoms with Crippen molar-refractivity contribution in [2.24, 2.45) is 5.10 Å². The summed E-state index contributed by atoms with van der Waals surface area (Å²) in [6.07, 6.45) is 7.49. The smallest absolute Gasteiger partial charge is 0.243 e. The molecular formula is C13H18N4O3. The van der Waals surface area contributed by atoms with Gasteiger partial charge in [-0.1, -0.05) is 12.5 Å². The molecule has 0 aromatic carbocycles. The monoisotopic (exact) mass is 278 g/mol. The Morgan fingerprint density at radius 1 is 1.25 bits per heavy atom. The first-order chi connectivity index (χ1) is 9.72. The summed E-state index contributed by atoms with van der Waals surface area (Å²) in [5, 5.41) is 12.1. The topological polar surface area (TPSA) is 104 Å². The van der Waals surface area contributed by atoms with Gasteiger partial charge in [0.1, 0.15) is 0 Å². The number of pyridine rings is 1. The van der Waals surface area contributed by atoms with E-state index in [1.54, 1.807) is 23.9 Å². The Bertz CT molecular complexity index is 448. The largest absolute Gasteiger partial charge is 0.289 e. The minimum absolute atomic E-state index is 0.170. The Kier molecular flexibility index (Phi) is 7.59. The van der Waals surface area contributed by atoms with Gasteiger partial charge in [0, 0.05) is 30.8 Å². The highest BCUT2D eigenvalue weighted by atomic mass is 16.5. The van der Waals surface area contributed by atoms with Crippen LogP contribution in [-0.2, 0) is 9.59 Å². The molecule has 7 heteroatoms. The van der Waals surface area contributed by atoms with Crippen LogP contribution in [0.4, 0.5) is 0 Å². The molecule has 0 spiro atoms. The summed E-state index contributed by atoms with van der Waals surface area (Å²) in [6, 6.07) is 3.61. The molecule has 0 fully saturated rings. The third kappa shape index (κ3) is 7.22. The summed E-state index contributed by atoms with van der Waals surface area (Å²) in [4.78, 5) is 26.1. The predicted octanol–water partition coefficient (Wildman–Crippen LogP) is 0.988. The van der Waals surface area contributed by atoms with E-state index >= 15 is 0 Å². The van der Waals surface area contributed by atoms with Crippen molar-refractivity contribution in [2.75, 3.05) is 0 Å². The molecule has 0 saturated heterocycles. The average molecular weight is 278 g/mol. The zero-order valence-electron chi connectivity index (χ0n) is 11.1. The van der Waals surface area contributed by atoms with Gasteiger partial charge in [-0.3, -0.25) is 19.8 Å². The molecule has 0 aliphatic heterocycles. The first-order valence-electron chi connectivity index (χ1n) is 6.37. The Hall–Kier alpha value is -2.28. The summed E-state index contributed by atoms with van der Waals surface area (Å²) in [6.45, 7) is 0. The number of unbranched alkanes of at least 4 members (excludes halogenated alkanes) is 2. The van der Waals surface area contributed by atoms with Crippen LogP contribution in [0, 0.1) is 0 Å². The van der Waals surface area contributed by atoms with Crippen LogP contribution in [0.25, 0.3) is 0 Å². The Morgan fingerprint density at radius 3 is 2.65 bits per heavy atom. The van der Waals surface area contributed by atoms with Gasteiger partial charge in [-0.05, 0) is 18.9 Å². The maximum atomic E-state index is 11.4. The molecule has 0 bridgehead atoms. The molecule has 0 aliphatic rings. The molecule has 0 aliphatic carbocycles. The van der Waals surface area contributed by atoms with E-state index in [-0.39, 0.29) is 12.3 Å². The predicted molar refractivity (Wildman–Crippen MR) is 73.0 cm³/mol. The van der Waals surface area contributed by atoms with Crippen molar-refractivity contribution < 1.29 is 14.8 Å². The Labute approximate surface area is 117 Å². The highest BCUT2D eigenvalue weighted by molar-refractivity contribution is 5.81. The lowest BCUT2D eigenvalue weighted by Crippen LogP contribution is -2.18. The number of hydroxylamine groups is 1. The van der Waals surface area contributed by atoms with E-state index in [4.69, 9.17) is 5.21 Å². The van der Waals surface area contributed by atoms with Gasteiger partial charge in [0.25, 0.3) is 0 Å². The minimum atomic E-state index is -0.407. The van der Waals surface area contributed by atoms with Gasteiger partial charge in [-0.2, -0.15) is 5.10 Å². The number of hydrogen-bond acceptors (Lipinski definition) is 5. The number of carbonyl (C=O) groups excluding carboxylic acids is 2. The summed E-state index contributed by atoms with van der Waals surface area (Å²) < 4.78 is 0. The zero-order chi connectivity index (χ0) is 14.6. The van der Waals surface area contributed by atoms with Crippen molar-refractivity contribution in [3.63, 3.8) is 0 Å². The quantitative estimate of drug-likeness (QED) is 0.285. The molecule has 2 amide bonds. The SMILES string of the molecule is O=C(CCCCCC(=O)N/N=C/c1cccnc1)NO. The maximum absolute atomic E-state index is 11.4. The van der Waals surface area contributed by atoms with Crippen LogP contribution < -0.4 is 10.9 Å². The molecule has 108 valence electrons. The van der Waals surface area contributed by atoms with Crippen LogP contribution >= 0.6 is 0 Å². The summed E-state index contributed by atoms with van der Waals surface area (Å²) in [7, 11) is 0. The number of hydrogen-bond donors (Lipinski definition) is 3. The molecular weight excluding hydrogens is 260 g/mol. The van der Waals surface area contributed by atoms with E-state index in [2.05, 4.69) is 15.5 Å². The third-order valence-electron chi connectivity index (χ3n) is 2.52. The van der Waals surface area contributed by atoms with Crippen LogP contribution in [0.2, 0.25) is 0 Å². The van der Waals surface area contributed by atoms with Crippen molar-refractivity contribution in [1.82, 2.24) is 15.9 Å². The number of carbonyl (C=O) groups is 2. The fourth-order valence-corrected chi connectivity index (χ4v) is 1.49. The van der Waals surface area contributed by atoms with E-state index in [0.29, 0.717) is 19.3 Å². The number of aromatic nitrogens is 1. The maximum Gasteiger partial charge on any atom is 0.243 e. The molecule has 1 aromatic rings. The lowest BCUT2D eigenvalue weighted by Gasteiger charge is -2.00. The standard InChI is InChI=1S/C13H18N4O3/c18-12(6-2-1-3-7-13(19)17-20)16-15-10-11-5-4-8-14-9-11/h4-5,8-10,20H,1-3,6-7H2,(H,16,18)(H,17,19)/b15-10+. The van der Waals surface area contributed by atoms with E-state index in [1.807, 2.05) is 6.07 Å². The number of rotatable bonds is 8. The van der Waals surface area contributed by atoms with Gasteiger partial charge in [-0.25, -0.2) is 10.9 Å². The first-order valence-corrected chi connectivity index (χ1v) is 6.37. The molecule has 7 nitrogen and oxygen atoms in total. The van der Waals surface area contributed by atoms with E-state index in [0.717, 1.165) is 12.0 Å². The van der Waals surface area contributed by atoms with Gasteiger partial charge in [-0.15, -0.1) is 0 Å². The Morgan fingerprint density at radius 2 is 2.00 bits per heavy atom. The zero-order valence-corrected chi connectivity index (χ0v) is 11.1. The second kappa shape index (κ2) is 9.62. The summed E-state index contributed by atoms with van der Waals surface area (Å²) in [5.41, 5.74) is 4.80. The van der Waals surface area contributed by atoms with Gasteiger partial charge in [0.15, 0.2) is 0 Å². The van der Waals surface area contributed by atoms with Crippen LogP contribution in [0.5, 0.6) is 0 Å². The lowest BCUT2D eigenvalue weighted by atomic mass is 10.1. The van der Waals surface area contributed by atoms with Gasteiger partial charge < -0.3 is 0 Å². The summed E-state index contributed by atoms with van der Waals surface area (Å²) in [5.74, 6) is -0.577. The van der Waals surface area contributed by atoms with E-state index in [9.17, 15) is 9.59 Å². The Balaban J connectivity index is 2.09. The number of hydrazone groups is 1. The van der Waals surface area contributed by atoms with Gasteiger partial charge in [0.2, 0.25) is 11.8 Å². The molecule has 1 aromatic heterocycles. The van der Waals surface area contributed by atoms with Crippen molar-refractivity contribution >= 4 is 18.0 Å². The third-order valence-corrected chi connectivity index (χ3v) is 2.52.